The molecule has 1 aromatic rings. The lowest BCUT2D eigenvalue weighted by Gasteiger charge is -2.41. The highest BCUT2D eigenvalue weighted by Crippen LogP contribution is 2.26. The minimum atomic E-state index is 0. The summed E-state index contributed by atoms with van der Waals surface area (Å²) in [6, 6.07) is 9.16. The topological polar surface area (TPSA) is 21.7 Å². The van der Waals surface area contributed by atoms with Crippen LogP contribution in [0.2, 0.25) is 0 Å². The van der Waals surface area contributed by atoms with Crippen LogP contribution in [-0.4, -0.2) is 50.0 Å². The van der Waals surface area contributed by atoms with Crippen LogP contribution in [0.3, 0.4) is 0 Å². The zero-order valence-electron chi connectivity index (χ0n) is 13.6. The van der Waals surface area contributed by atoms with Gasteiger partial charge in [-0.2, -0.15) is 0 Å². The van der Waals surface area contributed by atoms with E-state index < -0.39 is 0 Å². The monoisotopic (exact) mass is 403 g/mol. The molecular formula is C18H27BrClNO2. The third-order valence-corrected chi connectivity index (χ3v) is 5.35. The van der Waals surface area contributed by atoms with Gasteiger partial charge in [-0.05, 0) is 37.0 Å². The molecule has 2 unspecified atom stereocenters. The van der Waals surface area contributed by atoms with E-state index in [1.54, 1.807) is 0 Å². The lowest BCUT2D eigenvalue weighted by atomic mass is 9.91. The Kier molecular flexibility index (Phi) is 8.34. The average molecular weight is 405 g/mol. The van der Waals surface area contributed by atoms with Gasteiger partial charge in [-0.1, -0.05) is 40.9 Å². The fourth-order valence-electron chi connectivity index (χ4n) is 3.58. The molecule has 0 N–H and O–H groups in total. The van der Waals surface area contributed by atoms with Crippen molar-refractivity contribution in [1.29, 1.82) is 0 Å². The maximum absolute atomic E-state index is 6.29. The van der Waals surface area contributed by atoms with Crippen molar-refractivity contribution in [1.82, 2.24) is 4.90 Å². The van der Waals surface area contributed by atoms with E-state index in [2.05, 4.69) is 45.1 Å². The molecule has 1 aliphatic carbocycles. The summed E-state index contributed by atoms with van der Waals surface area (Å²) in [6.45, 7) is 4.71. The molecule has 2 atom stereocenters. The Bertz CT molecular complexity index is 451. The van der Waals surface area contributed by atoms with Crippen molar-refractivity contribution in [2.24, 2.45) is 0 Å². The Morgan fingerprint density at radius 1 is 1.09 bits per heavy atom. The second kappa shape index (κ2) is 10.00. The molecule has 1 heterocycles. The normalized spacial score (nSPS) is 25.8. The van der Waals surface area contributed by atoms with E-state index in [-0.39, 0.29) is 12.4 Å². The van der Waals surface area contributed by atoms with Gasteiger partial charge in [-0.15, -0.1) is 12.4 Å². The van der Waals surface area contributed by atoms with E-state index in [1.165, 1.54) is 31.2 Å². The van der Waals surface area contributed by atoms with Crippen LogP contribution in [0.4, 0.5) is 0 Å². The molecule has 1 saturated carbocycles. The average Bonchev–Trinajstić information content (AvgIpc) is 2.58. The van der Waals surface area contributed by atoms with E-state index in [9.17, 15) is 0 Å². The Morgan fingerprint density at radius 3 is 2.52 bits per heavy atom. The van der Waals surface area contributed by atoms with Gasteiger partial charge in [0, 0.05) is 23.6 Å². The summed E-state index contributed by atoms with van der Waals surface area (Å²) in [6.07, 6.45) is 6.55. The second-order valence-corrected chi connectivity index (χ2v) is 7.20. The van der Waals surface area contributed by atoms with Gasteiger partial charge in [-0.25, -0.2) is 0 Å². The number of hydrogen-bond acceptors (Lipinski definition) is 3. The third-order valence-electron chi connectivity index (χ3n) is 4.82. The number of hydrogen-bond donors (Lipinski definition) is 0. The predicted octanol–water partition coefficient (Wildman–Crippen LogP) is 4.07. The molecule has 1 aliphatic heterocycles. The first kappa shape index (κ1) is 19.2. The second-order valence-electron chi connectivity index (χ2n) is 6.29. The largest absolute Gasteiger partial charge is 0.379 e. The summed E-state index contributed by atoms with van der Waals surface area (Å²) in [4.78, 5) is 2.59. The number of nitrogens with zero attached hydrogens (tertiary/aromatic N) is 1. The molecule has 130 valence electrons. The molecule has 2 aliphatic rings. The van der Waals surface area contributed by atoms with Crippen LogP contribution in [0.5, 0.6) is 0 Å². The maximum atomic E-state index is 6.29. The molecule has 23 heavy (non-hydrogen) atoms. The Balaban J connectivity index is 0.00000192. The zero-order chi connectivity index (χ0) is 15.2. The Morgan fingerprint density at radius 2 is 1.78 bits per heavy atom. The minimum absolute atomic E-state index is 0. The maximum Gasteiger partial charge on any atom is 0.0730 e. The minimum Gasteiger partial charge on any atom is -0.379 e. The molecule has 3 nitrogen and oxygen atoms in total. The fraction of sp³-hybridized carbons (Fsp3) is 0.667. The van der Waals surface area contributed by atoms with Gasteiger partial charge in [0.25, 0.3) is 0 Å². The highest BCUT2D eigenvalue weighted by molar-refractivity contribution is 9.10. The third kappa shape index (κ3) is 5.71. The van der Waals surface area contributed by atoms with Crippen molar-refractivity contribution in [3.05, 3.63) is 34.3 Å². The number of morpholine rings is 1. The van der Waals surface area contributed by atoms with E-state index in [1.807, 2.05) is 0 Å². The van der Waals surface area contributed by atoms with E-state index in [4.69, 9.17) is 9.47 Å². The molecule has 0 spiro atoms. The summed E-state index contributed by atoms with van der Waals surface area (Å²) in [7, 11) is 0. The van der Waals surface area contributed by atoms with Crippen LogP contribution in [0.1, 0.15) is 31.2 Å². The van der Waals surface area contributed by atoms with Crippen LogP contribution in [0.25, 0.3) is 0 Å². The zero-order valence-corrected chi connectivity index (χ0v) is 16.0. The van der Waals surface area contributed by atoms with Crippen LogP contribution in [0, 0.1) is 0 Å². The van der Waals surface area contributed by atoms with E-state index in [0.717, 1.165) is 43.8 Å². The first-order valence-electron chi connectivity index (χ1n) is 8.51. The Hall–Kier alpha value is -0.130. The van der Waals surface area contributed by atoms with E-state index >= 15 is 0 Å². The van der Waals surface area contributed by atoms with Gasteiger partial charge in [0.05, 0.1) is 25.9 Å². The van der Waals surface area contributed by atoms with Gasteiger partial charge >= 0.3 is 0 Å². The van der Waals surface area contributed by atoms with Crippen LogP contribution >= 0.6 is 28.3 Å². The molecular weight excluding hydrogens is 378 g/mol. The van der Waals surface area contributed by atoms with Gasteiger partial charge in [0.2, 0.25) is 0 Å². The number of benzene rings is 1. The molecule has 1 aromatic carbocycles. The molecule has 0 amide bonds. The fourth-order valence-corrected chi connectivity index (χ4v) is 3.84. The van der Waals surface area contributed by atoms with Crippen LogP contribution < -0.4 is 0 Å². The van der Waals surface area contributed by atoms with Crippen molar-refractivity contribution in [3.63, 3.8) is 0 Å². The lowest BCUT2D eigenvalue weighted by Crippen LogP contribution is -2.51. The van der Waals surface area contributed by atoms with Crippen molar-refractivity contribution in [2.45, 2.75) is 44.2 Å². The molecule has 3 rings (SSSR count). The van der Waals surface area contributed by atoms with Crippen molar-refractivity contribution in [3.8, 4) is 0 Å². The molecule has 0 radical (unpaired) electrons. The highest BCUT2D eigenvalue weighted by Gasteiger charge is 2.31. The molecule has 0 bridgehead atoms. The van der Waals surface area contributed by atoms with Crippen molar-refractivity contribution < 1.29 is 9.47 Å². The molecule has 2 fully saturated rings. The number of halogens is 2. The van der Waals surface area contributed by atoms with Crippen molar-refractivity contribution in [2.75, 3.05) is 32.9 Å². The molecule has 0 aromatic heterocycles. The van der Waals surface area contributed by atoms with Crippen LogP contribution in [-0.2, 0) is 15.9 Å². The van der Waals surface area contributed by atoms with Gasteiger partial charge < -0.3 is 9.47 Å². The van der Waals surface area contributed by atoms with Crippen LogP contribution in [0.15, 0.2) is 28.7 Å². The summed E-state index contributed by atoms with van der Waals surface area (Å²) in [5.74, 6) is 0. The standard InChI is InChI=1S/C18H26BrNO2.ClH/c19-16-7-5-15(6-8-16)9-12-22-18-4-2-1-3-17(18)20-10-13-21-14-11-20;/h5-8,17-18H,1-4,9-14H2;1H. The quantitative estimate of drug-likeness (QED) is 0.738. The first-order chi connectivity index (χ1) is 10.8. The lowest BCUT2D eigenvalue weighted by molar-refractivity contribution is -0.0647. The first-order valence-corrected chi connectivity index (χ1v) is 9.30. The summed E-state index contributed by atoms with van der Waals surface area (Å²) < 4.78 is 12.9. The Labute approximate surface area is 154 Å². The SMILES string of the molecule is Brc1ccc(CCOC2CCCCC2N2CCOCC2)cc1.Cl. The summed E-state index contributed by atoms with van der Waals surface area (Å²) >= 11 is 3.48. The highest BCUT2D eigenvalue weighted by atomic mass is 79.9. The van der Waals surface area contributed by atoms with E-state index in [0.29, 0.717) is 12.1 Å². The number of rotatable bonds is 5. The van der Waals surface area contributed by atoms with Gasteiger partial charge in [-0.3, -0.25) is 4.90 Å². The summed E-state index contributed by atoms with van der Waals surface area (Å²) in [5, 5.41) is 0. The van der Waals surface area contributed by atoms with Gasteiger partial charge in [0.15, 0.2) is 0 Å². The molecule has 1 saturated heterocycles. The summed E-state index contributed by atoms with van der Waals surface area (Å²) in [5.41, 5.74) is 1.35. The predicted molar refractivity (Wildman–Crippen MR) is 99.5 cm³/mol. The smallest absolute Gasteiger partial charge is 0.0730 e. The number of ether oxygens (including phenoxy) is 2. The van der Waals surface area contributed by atoms with Gasteiger partial charge in [0.1, 0.15) is 0 Å². The molecule has 5 heteroatoms. The van der Waals surface area contributed by atoms with Crippen molar-refractivity contribution >= 4 is 28.3 Å².